The number of thiazole rings is 1. The Kier molecular flexibility index (Phi) is 5.11. The van der Waals surface area contributed by atoms with Crippen molar-refractivity contribution in [2.75, 3.05) is 13.6 Å². The van der Waals surface area contributed by atoms with Crippen molar-refractivity contribution in [3.8, 4) is 5.75 Å². The molecule has 1 heterocycles. The van der Waals surface area contributed by atoms with Gasteiger partial charge in [-0.15, -0.1) is 11.3 Å². The van der Waals surface area contributed by atoms with Gasteiger partial charge < -0.3 is 15.4 Å². The molecule has 1 aromatic carbocycles. The highest BCUT2D eigenvalue weighted by atomic mass is 32.1. The summed E-state index contributed by atoms with van der Waals surface area (Å²) >= 11 is 1.57. The lowest BCUT2D eigenvalue weighted by atomic mass is 10.2. The molecule has 2 rings (SSSR count). The highest BCUT2D eigenvalue weighted by Crippen LogP contribution is 2.16. The Morgan fingerprint density at radius 2 is 2.00 bits per heavy atom. The van der Waals surface area contributed by atoms with E-state index in [0.717, 1.165) is 10.7 Å². The number of carbonyl (C=O) groups is 2. The normalized spacial score (nSPS) is 10.3. The molecule has 0 aliphatic rings. The molecule has 2 amide bonds. The first kappa shape index (κ1) is 16.0. The third-order valence-corrected chi connectivity index (χ3v) is 3.72. The number of hydrogen-bond donors (Lipinski definition) is 1. The zero-order chi connectivity index (χ0) is 16.1. The van der Waals surface area contributed by atoms with E-state index in [1.807, 2.05) is 12.3 Å². The smallest absolute Gasteiger partial charge is 0.254 e. The highest BCUT2D eigenvalue weighted by Gasteiger charge is 2.13. The summed E-state index contributed by atoms with van der Waals surface area (Å²) in [5, 5.41) is 2.95. The minimum atomic E-state index is -0.547. The Labute approximate surface area is 132 Å². The number of amides is 2. The van der Waals surface area contributed by atoms with Gasteiger partial charge in [0.15, 0.2) is 0 Å². The number of hydrogen-bond acceptors (Lipinski definition) is 5. The largest absolute Gasteiger partial charge is 0.487 e. The van der Waals surface area contributed by atoms with Gasteiger partial charge in [0.25, 0.3) is 5.91 Å². The predicted molar refractivity (Wildman–Crippen MR) is 83.8 cm³/mol. The Balaban J connectivity index is 1.94. The van der Waals surface area contributed by atoms with E-state index in [9.17, 15) is 9.59 Å². The maximum atomic E-state index is 12.0. The third-order valence-electron chi connectivity index (χ3n) is 2.89. The van der Waals surface area contributed by atoms with E-state index in [2.05, 4.69) is 4.98 Å². The fourth-order valence-electron chi connectivity index (χ4n) is 1.85. The van der Waals surface area contributed by atoms with Gasteiger partial charge in [-0.25, -0.2) is 4.98 Å². The Hall–Kier alpha value is -2.41. The van der Waals surface area contributed by atoms with Crippen molar-refractivity contribution in [2.45, 2.75) is 13.5 Å². The summed E-state index contributed by atoms with van der Waals surface area (Å²) in [5.74, 6) is -0.158. The number of nitrogens with two attached hydrogens (primary N) is 1. The van der Waals surface area contributed by atoms with Gasteiger partial charge in [-0.1, -0.05) is 0 Å². The maximum absolute atomic E-state index is 12.0. The fraction of sp³-hybridized carbons (Fsp3) is 0.267. The molecule has 0 saturated heterocycles. The highest BCUT2D eigenvalue weighted by molar-refractivity contribution is 7.09. The summed E-state index contributed by atoms with van der Waals surface area (Å²) in [6, 6.07) is 6.73. The van der Waals surface area contributed by atoms with E-state index in [1.165, 1.54) is 11.9 Å². The average molecular weight is 319 g/mol. The lowest BCUT2D eigenvalue weighted by molar-refractivity contribution is -0.118. The molecule has 2 aromatic rings. The molecule has 1 aromatic heterocycles. The monoisotopic (exact) mass is 319 g/mol. The van der Waals surface area contributed by atoms with Gasteiger partial charge in [0.2, 0.25) is 5.91 Å². The van der Waals surface area contributed by atoms with Crippen molar-refractivity contribution in [2.24, 2.45) is 5.73 Å². The Morgan fingerprint density at radius 1 is 1.32 bits per heavy atom. The van der Waals surface area contributed by atoms with Gasteiger partial charge in [-0.2, -0.15) is 0 Å². The molecular formula is C15H17N3O3S. The van der Waals surface area contributed by atoms with Gasteiger partial charge in [0.1, 0.15) is 12.4 Å². The molecule has 0 radical (unpaired) electrons. The summed E-state index contributed by atoms with van der Waals surface area (Å²) < 4.78 is 5.61. The number of benzene rings is 1. The van der Waals surface area contributed by atoms with Crippen LogP contribution in [0.25, 0.3) is 0 Å². The van der Waals surface area contributed by atoms with Crippen molar-refractivity contribution in [3.05, 3.63) is 45.9 Å². The van der Waals surface area contributed by atoms with Gasteiger partial charge in [0.05, 0.1) is 17.2 Å². The van der Waals surface area contributed by atoms with Crippen LogP contribution in [0.4, 0.5) is 0 Å². The van der Waals surface area contributed by atoms with Crippen molar-refractivity contribution >= 4 is 23.2 Å². The van der Waals surface area contributed by atoms with Gasteiger partial charge in [-0.3, -0.25) is 9.59 Å². The summed E-state index contributed by atoms with van der Waals surface area (Å²) in [5.41, 5.74) is 6.42. The van der Waals surface area contributed by atoms with E-state index < -0.39 is 5.91 Å². The molecule has 7 heteroatoms. The van der Waals surface area contributed by atoms with Crippen LogP contribution in [0.5, 0.6) is 5.75 Å². The van der Waals surface area contributed by atoms with Crippen LogP contribution in [-0.2, 0) is 11.4 Å². The number of aromatic nitrogens is 1. The number of ether oxygens (including phenoxy) is 1. The van der Waals surface area contributed by atoms with E-state index in [0.29, 0.717) is 17.9 Å². The summed E-state index contributed by atoms with van der Waals surface area (Å²) in [4.78, 5) is 28.5. The number of likely N-dealkylation sites (N-methyl/N-ethyl adjacent to an activating group) is 1. The van der Waals surface area contributed by atoms with Gasteiger partial charge in [-0.05, 0) is 31.2 Å². The fourth-order valence-corrected chi connectivity index (χ4v) is 2.45. The lowest BCUT2D eigenvalue weighted by Crippen LogP contribution is -2.35. The number of rotatable bonds is 6. The minimum absolute atomic E-state index is 0.111. The maximum Gasteiger partial charge on any atom is 0.254 e. The van der Waals surface area contributed by atoms with E-state index in [-0.39, 0.29) is 12.5 Å². The second-order valence-corrected chi connectivity index (χ2v) is 5.86. The number of carbonyl (C=O) groups excluding carboxylic acids is 2. The molecule has 0 saturated carbocycles. The number of nitrogens with zero attached hydrogens (tertiary/aromatic N) is 2. The van der Waals surface area contributed by atoms with Crippen LogP contribution < -0.4 is 10.5 Å². The molecule has 0 aliphatic heterocycles. The van der Waals surface area contributed by atoms with Crippen LogP contribution in [0.1, 0.15) is 21.1 Å². The summed E-state index contributed by atoms with van der Waals surface area (Å²) in [6.07, 6.45) is 0. The first-order valence-electron chi connectivity index (χ1n) is 6.63. The van der Waals surface area contributed by atoms with Gasteiger partial charge >= 0.3 is 0 Å². The topological polar surface area (TPSA) is 85.5 Å². The van der Waals surface area contributed by atoms with Crippen LogP contribution in [0.2, 0.25) is 0 Å². The van der Waals surface area contributed by atoms with E-state index in [4.69, 9.17) is 10.5 Å². The molecular weight excluding hydrogens is 302 g/mol. The first-order chi connectivity index (χ1) is 10.5. The van der Waals surface area contributed by atoms with E-state index in [1.54, 1.807) is 35.6 Å². The van der Waals surface area contributed by atoms with Crippen molar-refractivity contribution in [1.82, 2.24) is 9.88 Å². The molecule has 116 valence electrons. The van der Waals surface area contributed by atoms with Crippen molar-refractivity contribution in [3.63, 3.8) is 0 Å². The van der Waals surface area contributed by atoms with Crippen LogP contribution >= 0.6 is 11.3 Å². The van der Waals surface area contributed by atoms with Crippen molar-refractivity contribution < 1.29 is 14.3 Å². The first-order valence-corrected chi connectivity index (χ1v) is 7.51. The zero-order valence-electron chi connectivity index (χ0n) is 12.4. The molecule has 0 fully saturated rings. The van der Waals surface area contributed by atoms with Crippen LogP contribution in [0.3, 0.4) is 0 Å². The molecule has 6 nitrogen and oxygen atoms in total. The molecule has 0 spiro atoms. The number of primary amides is 1. The molecule has 2 N–H and O–H groups in total. The number of aryl methyl sites for hydroxylation is 1. The van der Waals surface area contributed by atoms with Crippen LogP contribution in [0, 0.1) is 6.92 Å². The Bertz CT molecular complexity index is 667. The SMILES string of the molecule is Cc1nc(COc2ccc(C(=O)N(C)CC(N)=O)cc2)cs1. The van der Waals surface area contributed by atoms with Crippen molar-refractivity contribution in [1.29, 1.82) is 0 Å². The van der Waals surface area contributed by atoms with Gasteiger partial charge in [0, 0.05) is 18.0 Å². The summed E-state index contributed by atoms with van der Waals surface area (Å²) in [6.45, 7) is 2.22. The summed E-state index contributed by atoms with van der Waals surface area (Å²) in [7, 11) is 1.53. The van der Waals surface area contributed by atoms with Crippen LogP contribution in [0.15, 0.2) is 29.6 Å². The minimum Gasteiger partial charge on any atom is -0.487 e. The molecule has 22 heavy (non-hydrogen) atoms. The molecule has 0 unspecified atom stereocenters. The second-order valence-electron chi connectivity index (χ2n) is 4.80. The van der Waals surface area contributed by atoms with E-state index >= 15 is 0 Å². The predicted octanol–water partition coefficient (Wildman–Crippen LogP) is 1.59. The zero-order valence-corrected chi connectivity index (χ0v) is 13.2. The second kappa shape index (κ2) is 7.04. The average Bonchev–Trinajstić information content (AvgIpc) is 2.90. The quantitative estimate of drug-likeness (QED) is 0.876. The van der Waals surface area contributed by atoms with Crippen LogP contribution in [-0.4, -0.2) is 35.3 Å². The standard InChI is InChI=1S/C15H17N3O3S/c1-10-17-12(9-22-10)8-21-13-5-3-11(4-6-13)15(20)18(2)7-14(16)19/h3-6,9H,7-8H2,1-2H3,(H2,16,19). The lowest BCUT2D eigenvalue weighted by Gasteiger charge is -2.15. The Morgan fingerprint density at radius 3 is 2.55 bits per heavy atom. The third kappa shape index (κ3) is 4.29. The molecule has 0 bridgehead atoms. The molecule has 0 aliphatic carbocycles. The molecule has 0 atom stereocenters.